The van der Waals surface area contributed by atoms with Gasteiger partial charge in [0.15, 0.2) is 0 Å². The molecule has 2 bridgehead atoms. The van der Waals surface area contributed by atoms with E-state index in [9.17, 15) is 4.79 Å². The van der Waals surface area contributed by atoms with Crippen LogP contribution in [0.3, 0.4) is 0 Å². The topological polar surface area (TPSA) is 95.8 Å². The normalized spacial score (nSPS) is 26.6. The average molecular weight is 313 g/mol. The van der Waals surface area contributed by atoms with Crippen molar-refractivity contribution in [1.29, 1.82) is 0 Å². The maximum atomic E-state index is 12.2. The first-order chi connectivity index (χ1) is 11.2. The van der Waals surface area contributed by atoms with Gasteiger partial charge in [0.05, 0.1) is 17.9 Å². The summed E-state index contributed by atoms with van der Waals surface area (Å²) >= 11 is 0. The van der Waals surface area contributed by atoms with E-state index in [0.717, 1.165) is 29.2 Å². The van der Waals surface area contributed by atoms with E-state index in [1.54, 1.807) is 6.20 Å². The van der Waals surface area contributed by atoms with E-state index >= 15 is 0 Å². The molecule has 5 N–H and O–H groups in total. The van der Waals surface area contributed by atoms with Gasteiger partial charge in [-0.3, -0.25) is 4.79 Å². The van der Waals surface area contributed by atoms with Crippen LogP contribution in [0.4, 0.5) is 0 Å². The third kappa shape index (κ3) is 3.60. The van der Waals surface area contributed by atoms with Crippen LogP contribution in [0.5, 0.6) is 0 Å². The van der Waals surface area contributed by atoms with E-state index in [2.05, 4.69) is 32.8 Å². The molecule has 2 heterocycles. The smallest absolute Gasteiger partial charge is 0.224 e. The van der Waals surface area contributed by atoms with E-state index in [1.807, 2.05) is 19.2 Å². The Morgan fingerprint density at radius 1 is 1.35 bits per heavy atom. The van der Waals surface area contributed by atoms with Crippen molar-refractivity contribution >= 4 is 11.5 Å². The highest BCUT2D eigenvalue weighted by atomic mass is 16.1. The zero-order valence-electron chi connectivity index (χ0n) is 13.3. The summed E-state index contributed by atoms with van der Waals surface area (Å²) in [6, 6.07) is 0.0559. The number of aromatic amines is 1. The van der Waals surface area contributed by atoms with Crippen molar-refractivity contribution in [3.63, 3.8) is 0 Å². The molecule has 0 fully saturated rings. The number of carbonyl (C=O) groups is 1. The first kappa shape index (κ1) is 15.7. The average Bonchev–Trinajstić information content (AvgIpc) is 3.03. The lowest BCUT2D eigenvalue weighted by Gasteiger charge is -2.21. The number of aromatic nitrogens is 2. The number of likely N-dealkylation sites (N-methyl/N-ethyl adjacent to an activating group) is 1. The molecule has 1 aliphatic carbocycles. The molecular weight excluding hydrogens is 290 g/mol. The van der Waals surface area contributed by atoms with Gasteiger partial charge in [-0.05, 0) is 32.4 Å². The SMILES string of the molecule is CNC1C=C2NC(=O)CC/C=C\CC(N)c3ncc([nH]3)C2=CC1. The van der Waals surface area contributed by atoms with Crippen molar-refractivity contribution in [2.75, 3.05) is 7.05 Å². The molecule has 0 spiro atoms. The molecular formula is C17H23N5O. The van der Waals surface area contributed by atoms with Gasteiger partial charge in [-0.2, -0.15) is 0 Å². The van der Waals surface area contributed by atoms with Crippen LogP contribution in [-0.4, -0.2) is 29.0 Å². The van der Waals surface area contributed by atoms with Crippen LogP contribution in [-0.2, 0) is 4.79 Å². The standard InChI is InChI=1S/C17H23N5O/c1-19-11-7-8-12-14(9-11)21-16(23)6-4-2-3-5-13(18)17-20-10-15(12)22-17/h2-3,8-11,13,19H,4-7,18H2,1H3,(H,20,22)(H,21,23)/b3-2-. The second kappa shape index (κ2) is 6.93. The molecule has 2 atom stereocenters. The molecule has 1 aliphatic heterocycles. The van der Waals surface area contributed by atoms with Gasteiger partial charge in [0, 0.05) is 23.7 Å². The second-order valence-corrected chi connectivity index (χ2v) is 5.91. The molecule has 6 heteroatoms. The molecule has 2 aliphatic rings. The first-order valence-corrected chi connectivity index (χ1v) is 8.02. The number of imidazole rings is 1. The van der Waals surface area contributed by atoms with Crippen LogP contribution in [0, 0.1) is 0 Å². The number of nitrogens with two attached hydrogens (primary N) is 1. The Morgan fingerprint density at radius 2 is 2.22 bits per heavy atom. The summed E-state index contributed by atoms with van der Waals surface area (Å²) in [4.78, 5) is 19.9. The van der Waals surface area contributed by atoms with Gasteiger partial charge in [-0.1, -0.05) is 18.2 Å². The number of nitrogens with zero attached hydrogens (tertiary/aromatic N) is 1. The Labute approximate surface area is 135 Å². The van der Waals surface area contributed by atoms with Crippen LogP contribution >= 0.6 is 0 Å². The summed E-state index contributed by atoms with van der Waals surface area (Å²) in [5, 5.41) is 6.26. The van der Waals surface area contributed by atoms with Crippen molar-refractivity contribution < 1.29 is 4.79 Å². The highest BCUT2D eigenvalue weighted by Gasteiger charge is 2.20. The number of H-pyrrole nitrogens is 1. The Hall–Kier alpha value is -2.18. The highest BCUT2D eigenvalue weighted by Crippen LogP contribution is 2.27. The van der Waals surface area contributed by atoms with Crippen molar-refractivity contribution in [2.45, 2.75) is 37.8 Å². The summed E-state index contributed by atoms with van der Waals surface area (Å²) in [6.45, 7) is 0. The maximum absolute atomic E-state index is 12.2. The Kier molecular flexibility index (Phi) is 4.73. The number of rotatable bonds is 1. The molecule has 1 amide bonds. The summed E-state index contributed by atoms with van der Waals surface area (Å²) in [7, 11) is 1.92. The zero-order valence-corrected chi connectivity index (χ0v) is 13.3. The van der Waals surface area contributed by atoms with Crippen LogP contribution in [0.25, 0.3) is 5.57 Å². The van der Waals surface area contributed by atoms with Gasteiger partial charge in [0.25, 0.3) is 0 Å². The lowest BCUT2D eigenvalue weighted by Crippen LogP contribution is -2.30. The minimum atomic E-state index is -0.161. The quantitative estimate of drug-likeness (QED) is 0.591. The van der Waals surface area contributed by atoms with Crippen LogP contribution in [0.1, 0.15) is 43.2 Å². The molecule has 2 unspecified atom stereocenters. The number of nitrogens with one attached hydrogen (secondary N) is 3. The molecule has 6 nitrogen and oxygen atoms in total. The lowest BCUT2D eigenvalue weighted by atomic mass is 9.97. The number of fused-ring (bicyclic) bond motifs is 4. The Bertz CT molecular complexity index is 670. The third-order valence-corrected chi connectivity index (χ3v) is 4.21. The number of carbonyl (C=O) groups excluding carboxylic acids is 1. The van der Waals surface area contributed by atoms with E-state index < -0.39 is 0 Å². The van der Waals surface area contributed by atoms with Crippen molar-refractivity contribution in [3.05, 3.63) is 47.7 Å². The summed E-state index contributed by atoms with van der Waals surface area (Å²) in [6.07, 6.45) is 12.7. The molecule has 0 saturated heterocycles. The number of amides is 1. The highest BCUT2D eigenvalue weighted by molar-refractivity contribution is 5.86. The number of hydrogen-bond acceptors (Lipinski definition) is 4. The fraction of sp³-hybridized carbons (Fsp3) is 0.412. The summed E-state index contributed by atoms with van der Waals surface area (Å²) in [5.74, 6) is 0.790. The van der Waals surface area contributed by atoms with Gasteiger partial charge < -0.3 is 21.4 Å². The van der Waals surface area contributed by atoms with Crippen LogP contribution in [0.2, 0.25) is 0 Å². The fourth-order valence-electron chi connectivity index (χ4n) is 2.84. The molecule has 122 valence electrons. The van der Waals surface area contributed by atoms with Gasteiger partial charge in [0.1, 0.15) is 5.82 Å². The number of hydrogen-bond donors (Lipinski definition) is 4. The van der Waals surface area contributed by atoms with Gasteiger partial charge in [-0.25, -0.2) is 4.98 Å². The molecule has 0 aromatic carbocycles. The number of allylic oxidation sites excluding steroid dienone is 2. The molecule has 23 heavy (non-hydrogen) atoms. The van der Waals surface area contributed by atoms with Gasteiger partial charge >= 0.3 is 0 Å². The van der Waals surface area contributed by atoms with Crippen molar-refractivity contribution in [3.8, 4) is 0 Å². The fourth-order valence-corrected chi connectivity index (χ4v) is 2.84. The van der Waals surface area contributed by atoms with Crippen LogP contribution in [0.15, 0.2) is 36.2 Å². The van der Waals surface area contributed by atoms with E-state index in [4.69, 9.17) is 5.73 Å². The first-order valence-electron chi connectivity index (χ1n) is 8.02. The van der Waals surface area contributed by atoms with E-state index in [1.165, 1.54) is 0 Å². The summed E-state index contributed by atoms with van der Waals surface area (Å²) in [5.41, 5.74) is 8.86. The zero-order chi connectivity index (χ0) is 16.2. The monoisotopic (exact) mass is 313 g/mol. The molecule has 3 rings (SSSR count). The van der Waals surface area contributed by atoms with Gasteiger partial charge in [0.2, 0.25) is 5.91 Å². The largest absolute Gasteiger partial charge is 0.341 e. The second-order valence-electron chi connectivity index (χ2n) is 5.91. The minimum absolute atomic E-state index is 0.0202. The molecule has 1 aromatic rings. The predicted molar refractivity (Wildman–Crippen MR) is 90.2 cm³/mol. The van der Waals surface area contributed by atoms with E-state index in [-0.39, 0.29) is 18.0 Å². The third-order valence-electron chi connectivity index (χ3n) is 4.21. The van der Waals surface area contributed by atoms with Crippen molar-refractivity contribution in [1.82, 2.24) is 20.6 Å². The summed E-state index contributed by atoms with van der Waals surface area (Å²) < 4.78 is 0. The predicted octanol–water partition coefficient (Wildman–Crippen LogP) is 1.52. The Balaban J connectivity index is 1.96. The minimum Gasteiger partial charge on any atom is -0.341 e. The van der Waals surface area contributed by atoms with Gasteiger partial charge in [-0.15, -0.1) is 0 Å². The molecule has 1 aromatic heterocycles. The molecule has 0 saturated carbocycles. The maximum Gasteiger partial charge on any atom is 0.224 e. The van der Waals surface area contributed by atoms with Crippen LogP contribution < -0.4 is 16.4 Å². The van der Waals surface area contributed by atoms with Crippen molar-refractivity contribution in [2.24, 2.45) is 5.73 Å². The Morgan fingerprint density at radius 3 is 3.04 bits per heavy atom. The lowest BCUT2D eigenvalue weighted by molar-refractivity contribution is -0.120. The molecule has 0 radical (unpaired) electrons. The van der Waals surface area contributed by atoms with E-state index in [0.29, 0.717) is 19.3 Å².